The maximum absolute atomic E-state index is 5.69. The van der Waals surface area contributed by atoms with Crippen molar-refractivity contribution in [3.63, 3.8) is 0 Å². The molecule has 3 nitrogen and oxygen atoms in total. The van der Waals surface area contributed by atoms with E-state index in [1.807, 2.05) is 5.01 Å². The molecule has 0 aromatic carbocycles. The largest absolute Gasteiger partial charge is 0.309 e. The molecular formula is C8H21N3. The second kappa shape index (κ2) is 6.58. The first kappa shape index (κ1) is 10.9. The summed E-state index contributed by atoms with van der Waals surface area (Å²) in [4.78, 5) is 2.18. The molecule has 68 valence electrons. The van der Waals surface area contributed by atoms with Gasteiger partial charge in [0.05, 0.1) is 0 Å². The Morgan fingerprint density at radius 3 is 2.18 bits per heavy atom. The molecule has 0 radical (unpaired) electrons. The highest BCUT2D eigenvalue weighted by Gasteiger charge is 1.96. The highest BCUT2D eigenvalue weighted by Crippen LogP contribution is 1.88. The van der Waals surface area contributed by atoms with Gasteiger partial charge in [0, 0.05) is 13.1 Å². The molecule has 0 heterocycles. The van der Waals surface area contributed by atoms with Gasteiger partial charge in [0.25, 0.3) is 0 Å². The summed E-state index contributed by atoms with van der Waals surface area (Å²) < 4.78 is 0. The zero-order valence-corrected chi connectivity index (χ0v) is 8.01. The summed E-state index contributed by atoms with van der Waals surface area (Å²) >= 11 is 0. The lowest BCUT2D eigenvalue weighted by atomic mass is 10.4. The molecule has 11 heavy (non-hydrogen) atoms. The Hall–Kier alpha value is -0.120. The molecular weight excluding hydrogens is 138 g/mol. The van der Waals surface area contributed by atoms with Gasteiger partial charge in [-0.15, -0.1) is 0 Å². The third kappa shape index (κ3) is 7.78. The molecule has 2 N–H and O–H groups in total. The van der Waals surface area contributed by atoms with Gasteiger partial charge >= 0.3 is 0 Å². The fourth-order valence-electron chi connectivity index (χ4n) is 0.989. The van der Waals surface area contributed by atoms with E-state index in [4.69, 9.17) is 5.84 Å². The fraction of sp³-hybridized carbons (Fsp3) is 1.00. The number of nitrogens with zero attached hydrogens (tertiary/aromatic N) is 2. The van der Waals surface area contributed by atoms with Gasteiger partial charge in [-0.05, 0) is 33.5 Å². The van der Waals surface area contributed by atoms with Crippen LogP contribution in [0.4, 0.5) is 0 Å². The van der Waals surface area contributed by atoms with Crippen molar-refractivity contribution in [2.45, 2.75) is 19.8 Å². The van der Waals surface area contributed by atoms with Crippen LogP contribution in [0, 0.1) is 0 Å². The molecule has 0 amide bonds. The average molecular weight is 159 g/mol. The molecule has 0 bridgehead atoms. The van der Waals surface area contributed by atoms with Gasteiger partial charge in [0.2, 0.25) is 0 Å². The summed E-state index contributed by atoms with van der Waals surface area (Å²) in [6.07, 6.45) is 2.29. The Kier molecular flexibility index (Phi) is 6.51. The van der Waals surface area contributed by atoms with Crippen molar-refractivity contribution in [1.82, 2.24) is 9.91 Å². The van der Waals surface area contributed by atoms with E-state index in [0.29, 0.717) is 0 Å². The Morgan fingerprint density at radius 2 is 1.73 bits per heavy atom. The van der Waals surface area contributed by atoms with E-state index in [0.717, 1.165) is 32.5 Å². The van der Waals surface area contributed by atoms with Crippen molar-refractivity contribution < 1.29 is 0 Å². The Balaban J connectivity index is 3.10. The summed E-state index contributed by atoms with van der Waals surface area (Å²) in [6.45, 7) is 5.28. The molecule has 0 unspecified atom stereocenters. The number of rotatable bonds is 6. The quantitative estimate of drug-likeness (QED) is 0.453. The van der Waals surface area contributed by atoms with Crippen LogP contribution in [-0.2, 0) is 0 Å². The number of hydrazine groups is 1. The van der Waals surface area contributed by atoms with Crippen LogP contribution in [0.25, 0.3) is 0 Å². The smallest absolute Gasteiger partial charge is 0.0140 e. The van der Waals surface area contributed by atoms with E-state index in [9.17, 15) is 0 Å². The van der Waals surface area contributed by atoms with Gasteiger partial charge in [-0.25, -0.2) is 5.01 Å². The van der Waals surface area contributed by atoms with E-state index in [1.54, 1.807) is 0 Å². The van der Waals surface area contributed by atoms with Crippen LogP contribution < -0.4 is 5.84 Å². The van der Waals surface area contributed by atoms with Crippen molar-refractivity contribution >= 4 is 0 Å². The van der Waals surface area contributed by atoms with Crippen LogP contribution in [0.1, 0.15) is 19.8 Å². The summed E-state index contributed by atoms with van der Waals surface area (Å²) in [5, 5.41) is 1.89. The highest BCUT2D eigenvalue weighted by atomic mass is 15.4. The molecule has 0 spiro atoms. The van der Waals surface area contributed by atoms with E-state index in [1.165, 1.54) is 0 Å². The van der Waals surface area contributed by atoms with Crippen LogP contribution >= 0.6 is 0 Å². The van der Waals surface area contributed by atoms with Crippen LogP contribution in [0.2, 0.25) is 0 Å². The molecule has 3 heteroatoms. The molecule has 0 fully saturated rings. The van der Waals surface area contributed by atoms with Crippen LogP contribution in [-0.4, -0.2) is 43.6 Å². The SMILES string of the molecule is CCCN(N)CCCN(C)C. The number of hydrogen-bond acceptors (Lipinski definition) is 3. The predicted octanol–water partition coefficient (Wildman–Crippen LogP) is 0.524. The fourth-order valence-corrected chi connectivity index (χ4v) is 0.989. The topological polar surface area (TPSA) is 32.5 Å². The molecule has 0 saturated carbocycles. The van der Waals surface area contributed by atoms with Crippen LogP contribution in [0.5, 0.6) is 0 Å². The summed E-state index contributed by atoms with van der Waals surface area (Å²) in [5.74, 6) is 5.69. The summed E-state index contributed by atoms with van der Waals surface area (Å²) in [6, 6.07) is 0. The molecule has 0 atom stereocenters. The van der Waals surface area contributed by atoms with Crippen molar-refractivity contribution in [2.75, 3.05) is 33.7 Å². The number of nitrogens with two attached hydrogens (primary N) is 1. The van der Waals surface area contributed by atoms with Crippen molar-refractivity contribution in [3.05, 3.63) is 0 Å². The van der Waals surface area contributed by atoms with Gasteiger partial charge in [-0.2, -0.15) is 0 Å². The van der Waals surface area contributed by atoms with Crippen molar-refractivity contribution in [1.29, 1.82) is 0 Å². The van der Waals surface area contributed by atoms with Gasteiger partial charge in [0.1, 0.15) is 0 Å². The Bertz CT molecular complexity index is 83.4. The normalized spacial score (nSPS) is 11.5. The molecule has 0 aliphatic carbocycles. The Morgan fingerprint density at radius 1 is 1.09 bits per heavy atom. The zero-order valence-electron chi connectivity index (χ0n) is 8.01. The van der Waals surface area contributed by atoms with Gasteiger partial charge in [-0.3, -0.25) is 5.84 Å². The third-order valence-electron chi connectivity index (χ3n) is 1.56. The zero-order chi connectivity index (χ0) is 8.69. The van der Waals surface area contributed by atoms with E-state index < -0.39 is 0 Å². The van der Waals surface area contributed by atoms with Gasteiger partial charge in [-0.1, -0.05) is 6.92 Å². The monoisotopic (exact) mass is 159 g/mol. The minimum atomic E-state index is 1.01. The maximum Gasteiger partial charge on any atom is 0.0140 e. The standard InChI is InChI=1S/C8H21N3/c1-4-6-11(9)8-5-7-10(2)3/h4-9H2,1-3H3. The average Bonchev–Trinajstić information content (AvgIpc) is 1.87. The van der Waals surface area contributed by atoms with Crippen LogP contribution in [0.15, 0.2) is 0 Å². The second-order valence-electron chi connectivity index (χ2n) is 3.19. The van der Waals surface area contributed by atoms with Crippen molar-refractivity contribution in [3.8, 4) is 0 Å². The molecule has 0 aliphatic rings. The minimum absolute atomic E-state index is 1.01. The molecule has 0 aromatic heterocycles. The molecule has 0 rings (SSSR count). The predicted molar refractivity (Wildman–Crippen MR) is 49.2 cm³/mol. The first-order chi connectivity index (χ1) is 5.16. The third-order valence-corrected chi connectivity index (χ3v) is 1.56. The van der Waals surface area contributed by atoms with Crippen LogP contribution in [0.3, 0.4) is 0 Å². The lowest BCUT2D eigenvalue weighted by Gasteiger charge is -2.16. The first-order valence-electron chi connectivity index (χ1n) is 4.31. The maximum atomic E-state index is 5.69. The van der Waals surface area contributed by atoms with Gasteiger partial charge in [0.15, 0.2) is 0 Å². The first-order valence-corrected chi connectivity index (χ1v) is 4.31. The van der Waals surface area contributed by atoms with E-state index in [2.05, 4.69) is 25.9 Å². The van der Waals surface area contributed by atoms with Crippen molar-refractivity contribution in [2.24, 2.45) is 5.84 Å². The van der Waals surface area contributed by atoms with E-state index in [-0.39, 0.29) is 0 Å². The van der Waals surface area contributed by atoms with Gasteiger partial charge < -0.3 is 4.90 Å². The lowest BCUT2D eigenvalue weighted by Crippen LogP contribution is -2.34. The number of hydrogen-bond donors (Lipinski definition) is 1. The molecule has 0 aliphatic heterocycles. The lowest BCUT2D eigenvalue weighted by molar-refractivity contribution is 0.262. The highest BCUT2D eigenvalue weighted by molar-refractivity contribution is 4.50. The molecule has 0 saturated heterocycles. The second-order valence-corrected chi connectivity index (χ2v) is 3.19. The van der Waals surface area contributed by atoms with E-state index >= 15 is 0 Å². The summed E-state index contributed by atoms with van der Waals surface area (Å²) in [5.41, 5.74) is 0. The minimum Gasteiger partial charge on any atom is -0.309 e. The molecule has 0 aromatic rings. The Labute approximate surface area is 70.1 Å². The summed E-state index contributed by atoms with van der Waals surface area (Å²) in [7, 11) is 4.17.